The molecule has 39 heavy (non-hydrogen) atoms. The highest BCUT2D eigenvalue weighted by Gasteiger charge is 2.34. The lowest BCUT2D eigenvalue weighted by Crippen LogP contribution is -2.50. The Hall–Kier alpha value is -3.42. The fourth-order valence-corrected chi connectivity index (χ4v) is 6.08. The number of carbonyl (C=O) groups is 1. The summed E-state index contributed by atoms with van der Waals surface area (Å²) < 4.78 is 78.1. The molecule has 2 aromatic carbocycles. The lowest BCUT2D eigenvalue weighted by molar-refractivity contribution is -0.274. The van der Waals surface area contributed by atoms with Gasteiger partial charge in [-0.3, -0.25) is 19.4 Å². The van der Waals surface area contributed by atoms with Crippen LogP contribution < -0.4 is 9.46 Å². The maximum absolute atomic E-state index is 13.3. The minimum absolute atomic E-state index is 0.0448. The first-order valence-corrected chi connectivity index (χ1v) is 14.0. The Morgan fingerprint density at radius 1 is 1.10 bits per heavy atom. The maximum Gasteiger partial charge on any atom is 0.573 e. The largest absolute Gasteiger partial charge is 0.573 e. The lowest BCUT2D eigenvalue weighted by Gasteiger charge is -2.35. The van der Waals surface area contributed by atoms with Crippen molar-refractivity contribution in [2.75, 3.05) is 44.1 Å². The van der Waals surface area contributed by atoms with E-state index in [2.05, 4.69) is 19.3 Å². The minimum Gasteiger partial charge on any atom is -0.404 e. The number of aromatic nitrogens is 1. The van der Waals surface area contributed by atoms with Crippen LogP contribution in [0.4, 0.5) is 18.9 Å². The molecule has 1 unspecified atom stereocenters. The van der Waals surface area contributed by atoms with E-state index < -0.39 is 33.7 Å². The summed E-state index contributed by atoms with van der Waals surface area (Å²) in [5.41, 5.74) is -0.342. The molecule has 2 fully saturated rings. The highest BCUT2D eigenvalue weighted by molar-refractivity contribution is 7.93. The first-order valence-electron chi connectivity index (χ1n) is 12.5. The number of sulfonamides is 1. The molecule has 1 aromatic heterocycles. The number of hydrogen-bond acceptors (Lipinski definition) is 7. The molecular formula is C26H27F3N4O5S. The van der Waals surface area contributed by atoms with Crippen LogP contribution >= 0.6 is 0 Å². The van der Waals surface area contributed by atoms with Crippen LogP contribution in [0.1, 0.15) is 23.2 Å². The van der Waals surface area contributed by atoms with Gasteiger partial charge in [0.1, 0.15) is 4.90 Å². The average molecular weight is 565 g/mol. The number of benzene rings is 2. The third-order valence-electron chi connectivity index (χ3n) is 6.73. The Labute approximate surface area is 223 Å². The van der Waals surface area contributed by atoms with E-state index in [9.17, 15) is 26.4 Å². The molecule has 9 nitrogen and oxygen atoms in total. The van der Waals surface area contributed by atoms with Crippen LogP contribution in [0.3, 0.4) is 0 Å². The van der Waals surface area contributed by atoms with Gasteiger partial charge in [-0.05, 0) is 43.2 Å². The number of nitrogens with one attached hydrogen (secondary N) is 1. The number of ether oxygens (including phenoxy) is 2. The summed E-state index contributed by atoms with van der Waals surface area (Å²) in [6.07, 6.45) is -1.46. The number of carbonyl (C=O) groups excluding carboxylic acids is 1. The fraction of sp³-hybridized carbons (Fsp3) is 0.385. The zero-order valence-corrected chi connectivity index (χ0v) is 21.7. The zero-order valence-electron chi connectivity index (χ0n) is 20.9. The van der Waals surface area contributed by atoms with E-state index in [1.165, 1.54) is 24.4 Å². The Morgan fingerprint density at radius 3 is 2.59 bits per heavy atom. The van der Waals surface area contributed by atoms with Crippen LogP contribution in [0.2, 0.25) is 0 Å². The van der Waals surface area contributed by atoms with Crippen LogP contribution in [0.5, 0.6) is 5.75 Å². The molecule has 0 radical (unpaired) electrons. The Morgan fingerprint density at radius 2 is 1.87 bits per heavy atom. The van der Waals surface area contributed by atoms with Crippen molar-refractivity contribution in [2.24, 2.45) is 0 Å². The van der Waals surface area contributed by atoms with Crippen molar-refractivity contribution in [3.8, 4) is 5.75 Å². The summed E-state index contributed by atoms with van der Waals surface area (Å²) in [4.78, 5) is 20.8. The number of piperazine rings is 1. The zero-order chi connectivity index (χ0) is 27.6. The number of nitrogens with zero attached hydrogens (tertiary/aromatic N) is 3. The molecule has 2 aliphatic heterocycles. The van der Waals surface area contributed by atoms with Crippen molar-refractivity contribution >= 4 is 32.5 Å². The number of amides is 1. The smallest absolute Gasteiger partial charge is 0.404 e. The number of anilines is 1. The summed E-state index contributed by atoms with van der Waals surface area (Å²) in [5.74, 6) is -1.30. The van der Waals surface area contributed by atoms with E-state index in [0.29, 0.717) is 31.6 Å². The quantitative estimate of drug-likeness (QED) is 0.465. The molecule has 3 heterocycles. The van der Waals surface area contributed by atoms with Crippen molar-refractivity contribution in [1.29, 1.82) is 0 Å². The predicted molar refractivity (Wildman–Crippen MR) is 137 cm³/mol. The normalized spacial score (nSPS) is 18.8. The van der Waals surface area contributed by atoms with E-state index in [1.807, 2.05) is 0 Å². The number of halogens is 3. The van der Waals surface area contributed by atoms with Crippen LogP contribution in [-0.2, 0) is 14.8 Å². The molecule has 2 saturated heterocycles. The lowest BCUT2D eigenvalue weighted by atomic mass is 10.1. The number of hydrogen-bond donors (Lipinski definition) is 1. The molecular weight excluding hydrogens is 537 g/mol. The molecule has 0 aliphatic carbocycles. The number of fused-ring (bicyclic) bond motifs is 1. The van der Waals surface area contributed by atoms with Gasteiger partial charge in [0.05, 0.1) is 17.3 Å². The monoisotopic (exact) mass is 564 g/mol. The second kappa shape index (κ2) is 11.0. The van der Waals surface area contributed by atoms with Gasteiger partial charge in [0, 0.05) is 56.5 Å². The van der Waals surface area contributed by atoms with Gasteiger partial charge in [-0.25, -0.2) is 8.42 Å². The van der Waals surface area contributed by atoms with Crippen LogP contribution in [0.15, 0.2) is 59.6 Å². The third-order valence-corrected chi connectivity index (χ3v) is 8.13. The number of rotatable bonds is 7. The Kier molecular flexibility index (Phi) is 7.65. The topological polar surface area (TPSA) is 101 Å². The first-order chi connectivity index (χ1) is 18.6. The summed E-state index contributed by atoms with van der Waals surface area (Å²) in [6.45, 7) is 3.60. The number of pyridine rings is 1. The van der Waals surface area contributed by atoms with Crippen molar-refractivity contribution in [3.05, 3.63) is 60.3 Å². The molecule has 13 heteroatoms. The van der Waals surface area contributed by atoms with Gasteiger partial charge >= 0.3 is 6.36 Å². The maximum atomic E-state index is 13.3. The fourth-order valence-electron chi connectivity index (χ4n) is 4.83. The molecule has 208 valence electrons. The summed E-state index contributed by atoms with van der Waals surface area (Å²) in [5, 5.41) is 0.545. The first kappa shape index (κ1) is 27.2. The highest BCUT2D eigenvalue weighted by atomic mass is 32.2. The Balaban J connectivity index is 1.35. The van der Waals surface area contributed by atoms with Crippen molar-refractivity contribution in [3.63, 3.8) is 0 Å². The van der Waals surface area contributed by atoms with E-state index in [1.54, 1.807) is 23.1 Å². The number of alkyl halides is 3. The SMILES string of the molecule is O=C(c1ccc(NS(=O)(=O)c2cccc3cccnc23)c(OC(F)(F)F)c1)N1CCN(CC2CCCO2)CC1. The second-order valence-electron chi connectivity index (χ2n) is 9.42. The molecule has 3 aromatic rings. The standard InChI is InChI=1S/C26H27F3N4O5S/c27-26(28,29)38-22-16-19(25(34)33-13-11-32(12-14-33)17-20-6-3-15-37-20)8-9-21(22)31-39(35,36)23-7-1-4-18-5-2-10-30-24(18)23/h1-2,4-5,7-10,16,20,31H,3,6,11-15,17H2. The van der Waals surface area contributed by atoms with Gasteiger partial charge in [-0.1, -0.05) is 18.2 Å². The summed E-state index contributed by atoms with van der Waals surface area (Å²) >= 11 is 0. The third kappa shape index (κ3) is 6.43. The molecule has 1 N–H and O–H groups in total. The van der Waals surface area contributed by atoms with Gasteiger partial charge in [0.15, 0.2) is 5.75 Å². The van der Waals surface area contributed by atoms with Crippen molar-refractivity contribution in [2.45, 2.75) is 30.2 Å². The second-order valence-corrected chi connectivity index (χ2v) is 11.1. The van der Waals surface area contributed by atoms with E-state index in [0.717, 1.165) is 38.1 Å². The highest BCUT2D eigenvalue weighted by Crippen LogP contribution is 2.34. The summed E-state index contributed by atoms with van der Waals surface area (Å²) in [7, 11) is -4.36. The van der Waals surface area contributed by atoms with E-state index in [4.69, 9.17) is 4.74 Å². The number of para-hydroxylation sites is 1. The van der Waals surface area contributed by atoms with Gasteiger partial charge in [-0.15, -0.1) is 13.2 Å². The van der Waals surface area contributed by atoms with Crippen molar-refractivity contribution in [1.82, 2.24) is 14.8 Å². The molecule has 0 saturated carbocycles. The molecule has 5 rings (SSSR count). The molecule has 0 spiro atoms. The molecule has 1 amide bonds. The van der Waals surface area contributed by atoms with E-state index in [-0.39, 0.29) is 22.1 Å². The van der Waals surface area contributed by atoms with Gasteiger partial charge in [0.25, 0.3) is 15.9 Å². The van der Waals surface area contributed by atoms with Crippen LogP contribution in [0, 0.1) is 0 Å². The predicted octanol–water partition coefficient (Wildman–Crippen LogP) is 3.87. The minimum atomic E-state index is -5.11. The van der Waals surface area contributed by atoms with Gasteiger partial charge < -0.3 is 14.4 Å². The van der Waals surface area contributed by atoms with Crippen LogP contribution in [-0.4, -0.2) is 80.9 Å². The van der Waals surface area contributed by atoms with Crippen LogP contribution in [0.25, 0.3) is 10.9 Å². The molecule has 0 bridgehead atoms. The average Bonchev–Trinajstić information content (AvgIpc) is 3.41. The summed E-state index contributed by atoms with van der Waals surface area (Å²) in [6, 6.07) is 11.1. The molecule has 2 aliphatic rings. The van der Waals surface area contributed by atoms with Crippen molar-refractivity contribution < 1.29 is 35.9 Å². The molecule has 1 atom stereocenters. The van der Waals surface area contributed by atoms with Gasteiger partial charge in [-0.2, -0.15) is 0 Å². The van der Waals surface area contributed by atoms with Gasteiger partial charge in [0.2, 0.25) is 0 Å². The van der Waals surface area contributed by atoms with E-state index >= 15 is 0 Å². The Bertz CT molecular complexity index is 1450.